The average molecular weight is 507 g/mol. The number of aliphatic imine (C=N–C) groups is 1. The molecule has 0 bridgehead atoms. The highest BCUT2D eigenvalue weighted by Crippen LogP contribution is 2.37. The Morgan fingerprint density at radius 3 is 2.78 bits per heavy atom. The van der Waals surface area contributed by atoms with Crippen LogP contribution < -0.4 is 15.4 Å². The van der Waals surface area contributed by atoms with Gasteiger partial charge < -0.3 is 19.9 Å². The van der Waals surface area contributed by atoms with E-state index in [0.717, 1.165) is 34.4 Å². The van der Waals surface area contributed by atoms with Crippen LogP contribution in [0, 0.1) is 0 Å². The monoisotopic (exact) mass is 506 g/mol. The molecule has 9 nitrogen and oxygen atoms in total. The Labute approximate surface area is 217 Å². The van der Waals surface area contributed by atoms with Crippen molar-refractivity contribution in [3.8, 4) is 5.75 Å². The minimum atomic E-state index is -0.956. The smallest absolute Gasteiger partial charge is 0.413 e. The van der Waals surface area contributed by atoms with Crippen LogP contribution in [0.1, 0.15) is 68.1 Å². The number of rotatable bonds is 9. The first-order valence-corrected chi connectivity index (χ1v) is 12.2. The number of aromatic carboxylic acids is 1. The number of carboxylic acids is 1. The number of aromatic nitrogens is 1. The van der Waals surface area contributed by atoms with Crippen molar-refractivity contribution in [3.05, 3.63) is 70.7 Å². The molecule has 1 aromatic heterocycles. The number of nitrogens with one attached hydrogen (secondary N) is 2. The first-order chi connectivity index (χ1) is 17.6. The van der Waals surface area contributed by atoms with E-state index in [2.05, 4.69) is 20.6 Å². The molecule has 0 saturated heterocycles. The van der Waals surface area contributed by atoms with Crippen LogP contribution in [0.2, 0.25) is 0 Å². The van der Waals surface area contributed by atoms with Gasteiger partial charge in [0.2, 0.25) is 0 Å². The van der Waals surface area contributed by atoms with Gasteiger partial charge in [0, 0.05) is 36.5 Å². The van der Waals surface area contributed by atoms with Gasteiger partial charge in [-0.25, -0.2) is 19.6 Å². The second kappa shape index (κ2) is 12.2. The Kier molecular flexibility index (Phi) is 9.05. The number of alkyl carbamates (subject to hydrolysis) is 1. The average Bonchev–Trinajstić information content (AvgIpc) is 3.31. The maximum absolute atomic E-state index is 12.1. The summed E-state index contributed by atoms with van der Waals surface area (Å²) >= 11 is 0. The molecule has 1 aliphatic heterocycles. The predicted molar refractivity (Wildman–Crippen MR) is 144 cm³/mol. The lowest BCUT2D eigenvalue weighted by Crippen LogP contribution is -2.31. The fraction of sp³-hybridized carbons (Fsp3) is 0.357. The molecule has 2 aromatic rings. The van der Waals surface area contributed by atoms with E-state index < -0.39 is 17.7 Å². The van der Waals surface area contributed by atoms with Crippen molar-refractivity contribution < 1.29 is 24.2 Å². The minimum absolute atomic E-state index is 0.247. The fourth-order valence-corrected chi connectivity index (χ4v) is 3.68. The molecule has 9 heteroatoms. The Balaban J connectivity index is 1.73. The zero-order valence-corrected chi connectivity index (χ0v) is 21.9. The van der Waals surface area contributed by atoms with Gasteiger partial charge in [-0.05, 0) is 69.5 Å². The molecule has 3 N–H and O–H groups in total. The van der Waals surface area contributed by atoms with Crippen molar-refractivity contribution in [1.29, 1.82) is 0 Å². The summed E-state index contributed by atoms with van der Waals surface area (Å²) in [5.41, 5.74) is 3.24. The number of nitrogens with zero attached hydrogens (tertiary/aromatic N) is 2. The van der Waals surface area contributed by atoms with E-state index in [9.17, 15) is 14.7 Å². The first-order valence-electron chi connectivity index (χ1n) is 12.2. The number of carbonyl (C=O) groups is 2. The summed E-state index contributed by atoms with van der Waals surface area (Å²) in [6.07, 6.45) is 7.88. The summed E-state index contributed by atoms with van der Waals surface area (Å²) in [7, 11) is 0. The SMILES string of the molecule is CC/C=C(/N=C/C=C(\C)c1cnc(NCc2cccc(C(=O)O)c2)c2c1OCC2)NC(=O)OC(C)(C)C. The molecule has 1 aliphatic rings. The van der Waals surface area contributed by atoms with Gasteiger partial charge in [-0.15, -0.1) is 0 Å². The summed E-state index contributed by atoms with van der Waals surface area (Å²) in [4.78, 5) is 32.3. The normalized spacial score (nSPS) is 13.8. The molecule has 196 valence electrons. The summed E-state index contributed by atoms with van der Waals surface area (Å²) in [5.74, 6) is 0.942. The third kappa shape index (κ3) is 7.93. The molecule has 2 heterocycles. The predicted octanol–water partition coefficient (Wildman–Crippen LogP) is 5.58. The summed E-state index contributed by atoms with van der Waals surface area (Å²) in [6, 6.07) is 6.81. The van der Waals surface area contributed by atoms with Crippen LogP contribution in [0.4, 0.5) is 10.6 Å². The van der Waals surface area contributed by atoms with Crippen LogP contribution in [-0.2, 0) is 17.7 Å². The molecule has 0 aliphatic carbocycles. The summed E-state index contributed by atoms with van der Waals surface area (Å²) < 4.78 is 11.2. The molecule has 0 radical (unpaired) electrons. The second-order valence-corrected chi connectivity index (χ2v) is 9.54. The number of carboxylic acid groups (broad SMARTS) is 1. The van der Waals surface area contributed by atoms with E-state index in [1.807, 2.05) is 26.0 Å². The molecule has 0 atom stereocenters. The molecule has 3 rings (SSSR count). The van der Waals surface area contributed by atoms with Gasteiger partial charge in [0.05, 0.1) is 12.2 Å². The van der Waals surface area contributed by atoms with Gasteiger partial charge in [0.15, 0.2) is 0 Å². The van der Waals surface area contributed by atoms with Crippen molar-refractivity contribution >= 4 is 29.7 Å². The van der Waals surface area contributed by atoms with Crippen molar-refractivity contribution in [2.75, 3.05) is 11.9 Å². The molecule has 37 heavy (non-hydrogen) atoms. The van der Waals surface area contributed by atoms with Crippen molar-refractivity contribution in [3.63, 3.8) is 0 Å². The fourth-order valence-electron chi connectivity index (χ4n) is 3.68. The van der Waals surface area contributed by atoms with E-state index in [1.54, 1.807) is 57.5 Å². The van der Waals surface area contributed by atoms with Crippen LogP contribution in [-0.4, -0.2) is 40.6 Å². The van der Waals surface area contributed by atoms with Gasteiger partial charge >= 0.3 is 12.1 Å². The van der Waals surface area contributed by atoms with Gasteiger partial charge in [-0.2, -0.15) is 0 Å². The molecule has 1 aromatic carbocycles. The first kappa shape index (κ1) is 27.4. The van der Waals surface area contributed by atoms with Gasteiger partial charge in [-0.3, -0.25) is 5.32 Å². The minimum Gasteiger partial charge on any atom is -0.492 e. The zero-order chi connectivity index (χ0) is 27.0. The maximum atomic E-state index is 12.1. The highest BCUT2D eigenvalue weighted by atomic mass is 16.6. The highest BCUT2D eigenvalue weighted by Gasteiger charge is 2.22. The molecular weight excluding hydrogens is 472 g/mol. The largest absolute Gasteiger partial charge is 0.492 e. The highest BCUT2D eigenvalue weighted by molar-refractivity contribution is 5.88. The number of anilines is 1. The number of hydrogen-bond acceptors (Lipinski definition) is 7. The Morgan fingerprint density at radius 2 is 2.08 bits per heavy atom. The van der Waals surface area contributed by atoms with Crippen LogP contribution in [0.5, 0.6) is 5.75 Å². The maximum Gasteiger partial charge on any atom is 0.413 e. The van der Waals surface area contributed by atoms with E-state index in [-0.39, 0.29) is 5.56 Å². The second-order valence-electron chi connectivity index (χ2n) is 9.54. The number of allylic oxidation sites excluding steroid dienone is 3. The quantitative estimate of drug-likeness (QED) is 0.380. The molecule has 0 spiro atoms. The van der Waals surface area contributed by atoms with Crippen LogP contribution in [0.15, 0.2) is 53.4 Å². The van der Waals surface area contributed by atoms with Gasteiger partial charge in [0.25, 0.3) is 0 Å². The number of carbonyl (C=O) groups excluding carboxylic acids is 1. The Morgan fingerprint density at radius 1 is 1.30 bits per heavy atom. The molecule has 0 saturated carbocycles. The van der Waals surface area contributed by atoms with Crippen molar-refractivity contribution in [2.24, 2.45) is 4.99 Å². The topological polar surface area (TPSA) is 122 Å². The standard InChI is InChI=1S/C28H34N4O5/c1-6-8-23(32-27(35)37-28(3,4)5)29-13-11-18(2)22-17-31-25(21-12-14-36-24(21)22)30-16-19-9-7-10-20(15-19)26(33)34/h7-11,13,15,17H,6,12,14,16H2,1-5H3,(H,30,31)(H,32,35)(H,33,34)/b18-11+,23-8-,29-13+. The van der Waals surface area contributed by atoms with Crippen LogP contribution in [0.25, 0.3) is 5.57 Å². The van der Waals surface area contributed by atoms with Gasteiger partial charge in [0.1, 0.15) is 23.0 Å². The van der Waals surface area contributed by atoms with Crippen LogP contribution >= 0.6 is 0 Å². The van der Waals surface area contributed by atoms with Crippen molar-refractivity contribution in [2.45, 2.75) is 59.6 Å². The number of ether oxygens (including phenoxy) is 2. The number of hydrogen-bond donors (Lipinski definition) is 3. The van der Waals surface area contributed by atoms with E-state index in [0.29, 0.717) is 31.2 Å². The Hall–Kier alpha value is -4.14. The molecule has 1 amide bonds. The number of fused-ring (bicyclic) bond motifs is 1. The van der Waals surface area contributed by atoms with Crippen molar-refractivity contribution in [1.82, 2.24) is 10.3 Å². The lowest BCUT2D eigenvalue weighted by Gasteiger charge is -2.19. The third-order valence-electron chi connectivity index (χ3n) is 5.35. The van der Waals surface area contributed by atoms with E-state index in [1.165, 1.54) is 0 Å². The lowest BCUT2D eigenvalue weighted by atomic mass is 10.0. The number of amides is 1. The number of pyridine rings is 1. The zero-order valence-electron chi connectivity index (χ0n) is 21.9. The third-order valence-corrected chi connectivity index (χ3v) is 5.35. The van der Waals surface area contributed by atoms with Gasteiger partial charge in [-0.1, -0.05) is 19.1 Å². The lowest BCUT2D eigenvalue weighted by molar-refractivity contribution is 0.0544. The molecule has 0 fully saturated rings. The van der Waals surface area contributed by atoms with E-state index in [4.69, 9.17) is 9.47 Å². The Bertz CT molecular complexity index is 1240. The summed E-state index contributed by atoms with van der Waals surface area (Å²) in [6.45, 7) is 10.3. The van der Waals surface area contributed by atoms with Crippen LogP contribution in [0.3, 0.4) is 0 Å². The summed E-state index contributed by atoms with van der Waals surface area (Å²) in [5, 5.41) is 15.2. The van der Waals surface area contributed by atoms with E-state index >= 15 is 0 Å². The molecular formula is C28H34N4O5. The molecule has 0 unspecified atom stereocenters. The number of benzene rings is 1.